The summed E-state index contributed by atoms with van der Waals surface area (Å²) in [5, 5.41) is 18.9. The van der Waals surface area contributed by atoms with Crippen LogP contribution in [-0.4, -0.2) is 16.0 Å². The van der Waals surface area contributed by atoms with Gasteiger partial charge in [-0.15, -0.1) is 12.4 Å². The van der Waals surface area contributed by atoms with Crippen LogP contribution in [0.4, 0.5) is 5.69 Å². The number of hydrogen-bond acceptors (Lipinski definition) is 3. The molecule has 1 N–H and O–H groups in total. The summed E-state index contributed by atoms with van der Waals surface area (Å²) in [5.74, 6) is -1.08. The molecule has 0 aliphatic heterocycles. The van der Waals surface area contributed by atoms with Crippen molar-refractivity contribution in [2.75, 3.05) is 0 Å². The number of nitro benzene ring substituents is 1. The summed E-state index contributed by atoms with van der Waals surface area (Å²) in [6.07, 6.45) is 0. The van der Waals surface area contributed by atoms with Crippen molar-refractivity contribution in [2.45, 2.75) is 6.92 Å². The van der Waals surface area contributed by atoms with Crippen LogP contribution in [0.5, 0.6) is 0 Å². The summed E-state index contributed by atoms with van der Waals surface area (Å²) in [5.41, 5.74) is 0.384. The highest BCUT2D eigenvalue weighted by atomic mass is 35.5. The number of carboxylic acids is 1. The Morgan fingerprint density at radius 2 is 2.07 bits per heavy atom. The normalized spacial score (nSPS) is 8.93. The van der Waals surface area contributed by atoms with Crippen molar-refractivity contribution in [1.29, 1.82) is 0 Å². The summed E-state index contributed by atoms with van der Waals surface area (Å²) >= 11 is 0. The maximum atomic E-state index is 10.5. The van der Waals surface area contributed by atoms with Crippen LogP contribution in [0.15, 0.2) is 18.2 Å². The number of carboxylic acid groups (broad SMARTS) is 1. The molecule has 0 amide bonds. The number of rotatable bonds is 2. The van der Waals surface area contributed by atoms with Gasteiger partial charge < -0.3 is 5.11 Å². The lowest BCUT2D eigenvalue weighted by Gasteiger charge is -1.98. The first kappa shape index (κ1) is 12.4. The first-order valence-electron chi connectivity index (χ1n) is 3.50. The monoisotopic (exact) mass is 217 g/mol. The van der Waals surface area contributed by atoms with Gasteiger partial charge in [0.05, 0.1) is 10.5 Å². The lowest BCUT2D eigenvalue weighted by atomic mass is 10.1. The van der Waals surface area contributed by atoms with E-state index >= 15 is 0 Å². The number of aromatic carboxylic acids is 1. The fourth-order valence-corrected chi connectivity index (χ4v) is 1.00. The maximum absolute atomic E-state index is 10.5. The lowest BCUT2D eigenvalue weighted by molar-refractivity contribution is -0.384. The number of non-ortho nitro benzene ring substituents is 1. The third-order valence-corrected chi connectivity index (χ3v) is 1.65. The Bertz CT molecular complexity index is 378. The first-order chi connectivity index (χ1) is 6.02. The van der Waals surface area contributed by atoms with Gasteiger partial charge in [0, 0.05) is 12.1 Å². The molecule has 1 aromatic carbocycles. The summed E-state index contributed by atoms with van der Waals surface area (Å²) in [6, 6.07) is 3.65. The fourth-order valence-electron chi connectivity index (χ4n) is 1.00. The first-order valence-corrected chi connectivity index (χ1v) is 3.50. The molecule has 14 heavy (non-hydrogen) atoms. The molecule has 0 radical (unpaired) electrons. The Morgan fingerprint density at radius 3 is 2.43 bits per heavy atom. The molecule has 0 heterocycles. The standard InChI is InChI=1S/C8H7NO4.ClH/c1-5-4-6(9(12)13)2-3-7(5)8(10)11;/h2-4H,1H3,(H,10,11);1H. The van der Waals surface area contributed by atoms with E-state index in [9.17, 15) is 14.9 Å². The van der Waals surface area contributed by atoms with Gasteiger partial charge in [0.1, 0.15) is 0 Å². The topological polar surface area (TPSA) is 80.4 Å². The van der Waals surface area contributed by atoms with Crippen LogP contribution in [0.2, 0.25) is 0 Å². The molecular formula is C8H8ClNO4. The predicted octanol–water partition coefficient (Wildman–Crippen LogP) is 2.02. The highest BCUT2D eigenvalue weighted by Crippen LogP contribution is 2.16. The van der Waals surface area contributed by atoms with E-state index in [1.807, 2.05) is 0 Å². The molecule has 0 atom stereocenters. The van der Waals surface area contributed by atoms with Gasteiger partial charge in [-0.1, -0.05) is 0 Å². The Hall–Kier alpha value is -1.62. The van der Waals surface area contributed by atoms with Gasteiger partial charge in [-0.05, 0) is 18.6 Å². The number of hydrogen-bond donors (Lipinski definition) is 1. The quantitative estimate of drug-likeness (QED) is 0.607. The van der Waals surface area contributed by atoms with Crippen molar-refractivity contribution >= 4 is 24.1 Å². The van der Waals surface area contributed by atoms with Crippen LogP contribution in [0, 0.1) is 17.0 Å². The molecule has 0 aliphatic carbocycles. The van der Waals surface area contributed by atoms with Gasteiger partial charge >= 0.3 is 5.97 Å². The van der Waals surface area contributed by atoms with Crippen molar-refractivity contribution in [3.05, 3.63) is 39.4 Å². The van der Waals surface area contributed by atoms with E-state index in [1.165, 1.54) is 25.1 Å². The van der Waals surface area contributed by atoms with Gasteiger partial charge in [0.15, 0.2) is 0 Å². The highest BCUT2D eigenvalue weighted by molar-refractivity contribution is 5.89. The number of aryl methyl sites for hydroxylation is 1. The third kappa shape index (κ3) is 2.43. The molecule has 6 heteroatoms. The van der Waals surface area contributed by atoms with Crippen molar-refractivity contribution < 1.29 is 14.8 Å². The van der Waals surface area contributed by atoms with Crippen LogP contribution in [0.1, 0.15) is 15.9 Å². The van der Waals surface area contributed by atoms with Gasteiger partial charge in [0.2, 0.25) is 0 Å². The van der Waals surface area contributed by atoms with Crippen LogP contribution in [0.25, 0.3) is 0 Å². The molecular weight excluding hydrogens is 210 g/mol. The van der Waals surface area contributed by atoms with E-state index in [0.29, 0.717) is 5.56 Å². The number of halogens is 1. The molecule has 0 aliphatic rings. The Morgan fingerprint density at radius 1 is 1.50 bits per heavy atom. The van der Waals surface area contributed by atoms with Crippen LogP contribution < -0.4 is 0 Å². The van der Waals surface area contributed by atoms with Gasteiger partial charge in [-0.3, -0.25) is 10.1 Å². The molecule has 0 saturated heterocycles. The minimum absolute atomic E-state index is 0. The summed E-state index contributed by atoms with van der Waals surface area (Å²) in [4.78, 5) is 20.3. The smallest absolute Gasteiger partial charge is 0.335 e. The molecule has 1 rings (SSSR count). The van der Waals surface area contributed by atoms with E-state index in [2.05, 4.69) is 0 Å². The molecule has 1 aromatic rings. The largest absolute Gasteiger partial charge is 0.478 e. The van der Waals surface area contributed by atoms with Gasteiger partial charge in [-0.25, -0.2) is 4.79 Å². The number of benzene rings is 1. The van der Waals surface area contributed by atoms with Gasteiger partial charge in [0.25, 0.3) is 5.69 Å². The maximum Gasteiger partial charge on any atom is 0.335 e. The van der Waals surface area contributed by atoms with Crippen molar-refractivity contribution in [1.82, 2.24) is 0 Å². The second-order valence-electron chi connectivity index (χ2n) is 2.56. The second kappa shape index (κ2) is 4.57. The van der Waals surface area contributed by atoms with E-state index in [4.69, 9.17) is 5.11 Å². The van der Waals surface area contributed by atoms with Crippen LogP contribution in [-0.2, 0) is 0 Å². The average Bonchev–Trinajstić information content (AvgIpc) is 2.03. The molecule has 5 nitrogen and oxygen atoms in total. The van der Waals surface area contributed by atoms with E-state index in [-0.39, 0.29) is 23.7 Å². The van der Waals surface area contributed by atoms with E-state index in [0.717, 1.165) is 0 Å². The van der Waals surface area contributed by atoms with Crippen molar-refractivity contribution in [2.24, 2.45) is 0 Å². The fraction of sp³-hybridized carbons (Fsp3) is 0.125. The second-order valence-corrected chi connectivity index (χ2v) is 2.56. The third-order valence-electron chi connectivity index (χ3n) is 1.65. The Balaban J connectivity index is 0.00000169. The van der Waals surface area contributed by atoms with Crippen LogP contribution in [0.3, 0.4) is 0 Å². The van der Waals surface area contributed by atoms with Crippen LogP contribution >= 0.6 is 12.4 Å². The molecule has 76 valence electrons. The molecule has 0 aromatic heterocycles. The van der Waals surface area contributed by atoms with E-state index in [1.54, 1.807) is 0 Å². The number of carbonyl (C=O) groups is 1. The SMILES string of the molecule is Cc1cc([N+](=O)[O-])ccc1C(=O)O.Cl. The minimum Gasteiger partial charge on any atom is -0.478 e. The number of nitrogens with zero attached hydrogens (tertiary/aromatic N) is 1. The highest BCUT2D eigenvalue weighted by Gasteiger charge is 2.11. The average molecular weight is 218 g/mol. The zero-order valence-electron chi connectivity index (χ0n) is 7.26. The van der Waals surface area contributed by atoms with E-state index < -0.39 is 10.9 Å². The minimum atomic E-state index is -1.08. The summed E-state index contributed by atoms with van der Waals surface area (Å²) in [7, 11) is 0. The zero-order chi connectivity index (χ0) is 10.0. The predicted molar refractivity (Wildman–Crippen MR) is 52.0 cm³/mol. The molecule has 0 unspecified atom stereocenters. The van der Waals surface area contributed by atoms with Crippen molar-refractivity contribution in [3.8, 4) is 0 Å². The summed E-state index contributed by atoms with van der Waals surface area (Å²) in [6.45, 7) is 1.52. The molecule has 0 spiro atoms. The molecule has 0 bridgehead atoms. The molecule has 0 fully saturated rings. The van der Waals surface area contributed by atoms with Crippen molar-refractivity contribution in [3.63, 3.8) is 0 Å². The Labute approximate surface area is 85.9 Å². The Kier molecular flexibility index (Phi) is 4.04. The molecule has 0 saturated carbocycles. The summed E-state index contributed by atoms with van der Waals surface area (Å²) < 4.78 is 0. The number of nitro groups is 1. The lowest BCUT2D eigenvalue weighted by Crippen LogP contribution is -2.00. The zero-order valence-corrected chi connectivity index (χ0v) is 8.08. The van der Waals surface area contributed by atoms with Gasteiger partial charge in [-0.2, -0.15) is 0 Å².